The Bertz CT molecular complexity index is 348. The second kappa shape index (κ2) is 5.14. The van der Waals surface area contributed by atoms with Crippen LogP contribution in [0.25, 0.3) is 0 Å². The summed E-state index contributed by atoms with van der Waals surface area (Å²) in [5, 5.41) is 12.2. The molecule has 0 aliphatic carbocycles. The molecule has 1 saturated heterocycles. The number of carboxylic acids is 1. The minimum absolute atomic E-state index is 0. The van der Waals surface area contributed by atoms with E-state index in [2.05, 4.69) is 5.32 Å². The lowest BCUT2D eigenvalue weighted by Gasteiger charge is -2.10. The van der Waals surface area contributed by atoms with Crippen molar-refractivity contribution in [3.8, 4) is 0 Å². The zero-order valence-corrected chi connectivity index (χ0v) is 9.09. The first kappa shape index (κ1) is 12.0. The summed E-state index contributed by atoms with van der Waals surface area (Å²) in [4.78, 5) is 10.7. The first-order chi connectivity index (χ1) is 6.77. The van der Waals surface area contributed by atoms with Crippen molar-refractivity contribution in [3.63, 3.8) is 0 Å². The number of nitrogens with one attached hydrogen (secondary N) is 1. The molecular weight excluding hydrogens is 214 g/mol. The highest BCUT2D eigenvalue weighted by Crippen LogP contribution is 2.23. The van der Waals surface area contributed by atoms with Crippen molar-refractivity contribution >= 4 is 18.4 Å². The topological polar surface area (TPSA) is 49.3 Å². The number of benzene rings is 1. The Balaban J connectivity index is 0.00000112. The van der Waals surface area contributed by atoms with Crippen molar-refractivity contribution in [1.82, 2.24) is 5.32 Å². The largest absolute Gasteiger partial charge is 0.478 e. The molecule has 1 aliphatic heterocycles. The first-order valence-electron chi connectivity index (χ1n) is 4.84. The lowest BCUT2D eigenvalue weighted by Crippen LogP contribution is -2.13. The maximum absolute atomic E-state index is 10.7. The minimum atomic E-state index is -0.857. The van der Waals surface area contributed by atoms with Gasteiger partial charge in [-0.2, -0.15) is 0 Å². The van der Waals surface area contributed by atoms with Crippen LogP contribution in [-0.4, -0.2) is 17.6 Å². The molecule has 2 N–H and O–H groups in total. The number of halogens is 1. The quantitative estimate of drug-likeness (QED) is 0.815. The molecule has 0 radical (unpaired) electrons. The third kappa shape index (κ3) is 2.70. The highest BCUT2D eigenvalue weighted by molar-refractivity contribution is 5.87. The van der Waals surface area contributed by atoms with Gasteiger partial charge in [-0.1, -0.05) is 12.1 Å². The van der Waals surface area contributed by atoms with Crippen LogP contribution in [0.4, 0.5) is 0 Å². The lowest BCUT2D eigenvalue weighted by molar-refractivity contribution is 0.0696. The fraction of sp³-hybridized carbons (Fsp3) is 0.364. The van der Waals surface area contributed by atoms with E-state index in [0.717, 1.165) is 18.5 Å². The first-order valence-corrected chi connectivity index (χ1v) is 4.84. The van der Waals surface area contributed by atoms with Crippen LogP contribution in [0.5, 0.6) is 0 Å². The van der Waals surface area contributed by atoms with Crippen molar-refractivity contribution in [3.05, 3.63) is 35.4 Å². The van der Waals surface area contributed by atoms with E-state index in [-0.39, 0.29) is 12.4 Å². The molecule has 1 heterocycles. The zero-order valence-electron chi connectivity index (χ0n) is 8.27. The van der Waals surface area contributed by atoms with E-state index in [4.69, 9.17) is 5.11 Å². The van der Waals surface area contributed by atoms with Gasteiger partial charge in [0.05, 0.1) is 5.56 Å². The molecule has 3 nitrogen and oxygen atoms in total. The summed E-state index contributed by atoms with van der Waals surface area (Å²) >= 11 is 0. The van der Waals surface area contributed by atoms with Gasteiger partial charge in [0, 0.05) is 6.04 Å². The van der Waals surface area contributed by atoms with Crippen LogP contribution in [0.1, 0.15) is 34.8 Å². The van der Waals surface area contributed by atoms with Crippen LogP contribution in [0.15, 0.2) is 24.3 Å². The van der Waals surface area contributed by atoms with Gasteiger partial charge in [0.2, 0.25) is 0 Å². The number of hydrogen-bond acceptors (Lipinski definition) is 2. The highest BCUT2D eigenvalue weighted by atomic mass is 35.5. The monoisotopic (exact) mass is 227 g/mol. The number of carboxylic acid groups (broad SMARTS) is 1. The van der Waals surface area contributed by atoms with Gasteiger partial charge in [0.15, 0.2) is 0 Å². The molecule has 82 valence electrons. The number of aromatic carboxylic acids is 1. The van der Waals surface area contributed by atoms with E-state index in [1.807, 2.05) is 6.07 Å². The van der Waals surface area contributed by atoms with Crippen LogP contribution in [0.2, 0.25) is 0 Å². The molecule has 1 fully saturated rings. The Hall–Kier alpha value is -1.06. The molecule has 0 spiro atoms. The van der Waals surface area contributed by atoms with Crippen LogP contribution in [-0.2, 0) is 0 Å². The average Bonchev–Trinajstić information content (AvgIpc) is 2.71. The van der Waals surface area contributed by atoms with E-state index in [1.54, 1.807) is 18.2 Å². The Morgan fingerprint density at radius 2 is 2.27 bits per heavy atom. The van der Waals surface area contributed by atoms with Gasteiger partial charge < -0.3 is 10.4 Å². The molecule has 4 heteroatoms. The Morgan fingerprint density at radius 1 is 1.47 bits per heavy atom. The van der Waals surface area contributed by atoms with Crippen molar-refractivity contribution in [2.75, 3.05) is 6.54 Å². The van der Waals surface area contributed by atoms with Gasteiger partial charge in [-0.25, -0.2) is 4.79 Å². The van der Waals surface area contributed by atoms with Gasteiger partial charge in [-0.05, 0) is 37.1 Å². The summed E-state index contributed by atoms with van der Waals surface area (Å²) < 4.78 is 0. The van der Waals surface area contributed by atoms with Crippen LogP contribution >= 0.6 is 12.4 Å². The van der Waals surface area contributed by atoms with E-state index < -0.39 is 5.97 Å². The second-order valence-corrected chi connectivity index (χ2v) is 3.58. The van der Waals surface area contributed by atoms with Crippen LogP contribution in [0, 0.1) is 0 Å². The number of hydrogen-bond donors (Lipinski definition) is 2. The summed E-state index contributed by atoms with van der Waals surface area (Å²) in [5.74, 6) is -0.857. The molecule has 0 saturated carbocycles. The summed E-state index contributed by atoms with van der Waals surface area (Å²) in [6.07, 6.45) is 2.27. The molecule has 0 unspecified atom stereocenters. The molecule has 1 aliphatic rings. The maximum Gasteiger partial charge on any atom is 0.335 e. The fourth-order valence-corrected chi connectivity index (χ4v) is 1.86. The number of carbonyl (C=O) groups is 1. The van der Waals surface area contributed by atoms with Crippen molar-refractivity contribution in [2.45, 2.75) is 18.9 Å². The van der Waals surface area contributed by atoms with Gasteiger partial charge in [0.25, 0.3) is 0 Å². The Kier molecular flexibility index (Phi) is 4.12. The number of rotatable bonds is 2. The summed E-state index contributed by atoms with van der Waals surface area (Å²) in [6.45, 7) is 1.03. The third-order valence-corrected chi connectivity index (χ3v) is 2.60. The molecule has 0 aromatic heterocycles. The summed E-state index contributed by atoms with van der Waals surface area (Å²) in [6, 6.07) is 7.51. The van der Waals surface area contributed by atoms with E-state index in [1.165, 1.54) is 6.42 Å². The van der Waals surface area contributed by atoms with Crippen molar-refractivity contribution in [1.29, 1.82) is 0 Å². The van der Waals surface area contributed by atoms with E-state index in [9.17, 15) is 4.79 Å². The average molecular weight is 228 g/mol. The van der Waals surface area contributed by atoms with Gasteiger partial charge in [0.1, 0.15) is 0 Å². The predicted molar refractivity (Wildman–Crippen MR) is 60.6 cm³/mol. The zero-order chi connectivity index (χ0) is 9.97. The van der Waals surface area contributed by atoms with E-state index in [0.29, 0.717) is 11.6 Å². The molecule has 0 bridgehead atoms. The minimum Gasteiger partial charge on any atom is -0.478 e. The van der Waals surface area contributed by atoms with Crippen molar-refractivity contribution < 1.29 is 9.90 Å². The van der Waals surface area contributed by atoms with Crippen molar-refractivity contribution in [2.24, 2.45) is 0 Å². The summed E-state index contributed by atoms with van der Waals surface area (Å²) in [7, 11) is 0. The third-order valence-electron chi connectivity index (χ3n) is 2.60. The lowest BCUT2D eigenvalue weighted by atomic mass is 10.0. The smallest absolute Gasteiger partial charge is 0.335 e. The Labute approximate surface area is 94.9 Å². The van der Waals surface area contributed by atoms with E-state index >= 15 is 0 Å². The predicted octanol–water partition coefficient (Wildman–Crippen LogP) is 2.23. The van der Waals surface area contributed by atoms with Gasteiger partial charge in [-0.15, -0.1) is 12.4 Å². The SMILES string of the molecule is Cl.O=C(O)c1cccc([C@@H]2CCCN2)c1. The standard InChI is InChI=1S/C11H13NO2.ClH/c13-11(14)9-4-1-3-8(7-9)10-5-2-6-12-10;/h1,3-4,7,10,12H,2,5-6H2,(H,13,14);1H/t10-;/m0./s1. The highest BCUT2D eigenvalue weighted by Gasteiger charge is 2.16. The molecule has 15 heavy (non-hydrogen) atoms. The molecule has 1 atom stereocenters. The van der Waals surface area contributed by atoms with Crippen LogP contribution in [0.3, 0.4) is 0 Å². The normalized spacial score (nSPS) is 19.6. The molecular formula is C11H14ClNO2. The molecule has 0 amide bonds. The maximum atomic E-state index is 10.7. The summed E-state index contributed by atoms with van der Waals surface area (Å²) in [5.41, 5.74) is 1.46. The van der Waals surface area contributed by atoms with Gasteiger partial charge >= 0.3 is 5.97 Å². The van der Waals surface area contributed by atoms with Crippen LogP contribution < -0.4 is 5.32 Å². The molecule has 2 rings (SSSR count). The second-order valence-electron chi connectivity index (χ2n) is 3.58. The molecule has 1 aromatic carbocycles. The van der Waals surface area contributed by atoms with Gasteiger partial charge in [-0.3, -0.25) is 0 Å². The Morgan fingerprint density at radius 3 is 2.87 bits per heavy atom. The fourth-order valence-electron chi connectivity index (χ4n) is 1.86. The molecule has 1 aromatic rings.